The molecule has 0 bridgehead atoms. The molecule has 0 amide bonds. The molecule has 0 spiro atoms. The first-order valence-corrected chi connectivity index (χ1v) is 7.22. The lowest BCUT2D eigenvalue weighted by molar-refractivity contribution is 0.163. The van der Waals surface area contributed by atoms with E-state index in [1.165, 1.54) is 25.7 Å². The van der Waals surface area contributed by atoms with E-state index < -0.39 is 0 Å². The van der Waals surface area contributed by atoms with E-state index in [-0.39, 0.29) is 6.10 Å². The monoisotopic (exact) mass is 248 g/mol. The van der Waals surface area contributed by atoms with E-state index in [1.54, 1.807) is 0 Å². The van der Waals surface area contributed by atoms with Gasteiger partial charge in [-0.1, -0.05) is 76.8 Å². The van der Waals surface area contributed by atoms with E-state index in [0.717, 1.165) is 18.4 Å². The van der Waals surface area contributed by atoms with Crippen LogP contribution in [0, 0.1) is 5.41 Å². The first-order valence-electron chi connectivity index (χ1n) is 7.22. The van der Waals surface area contributed by atoms with Gasteiger partial charge in [0.05, 0.1) is 6.10 Å². The van der Waals surface area contributed by atoms with Crippen LogP contribution in [0.5, 0.6) is 0 Å². The molecule has 0 saturated carbocycles. The summed E-state index contributed by atoms with van der Waals surface area (Å²) < 4.78 is 0. The van der Waals surface area contributed by atoms with Crippen LogP contribution >= 0.6 is 0 Å². The highest BCUT2D eigenvalue weighted by atomic mass is 16.3. The van der Waals surface area contributed by atoms with Crippen molar-refractivity contribution in [2.24, 2.45) is 5.41 Å². The van der Waals surface area contributed by atoms with Crippen molar-refractivity contribution in [3.05, 3.63) is 35.9 Å². The number of hydrogen-bond acceptors (Lipinski definition) is 1. The predicted octanol–water partition coefficient (Wildman–Crippen LogP) is 5.11. The van der Waals surface area contributed by atoms with Gasteiger partial charge < -0.3 is 5.11 Å². The molecule has 1 unspecified atom stereocenters. The Bertz CT molecular complexity index is 310. The van der Waals surface area contributed by atoms with E-state index in [1.807, 2.05) is 30.3 Å². The van der Waals surface area contributed by atoms with E-state index in [0.29, 0.717) is 5.41 Å². The van der Waals surface area contributed by atoms with E-state index in [9.17, 15) is 5.11 Å². The lowest BCUT2D eigenvalue weighted by atomic mass is 9.89. The molecule has 18 heavy (non-hydrogen) atoms. The number of benzene rings is 1. The fourth-order valence-corrected chi connectivity index (χ4v) is 2.19. The molecule has 1 heteroatoms. The van der Waals surface area contributed by atoms with Crippen molar-refractivity contribution < 1.29 is 5.11 Å². The highest BCUT2D eigenvalue weighted by Gasteiger charge is 2.09. The molecule has 102 valence electrons. The average molecular weight is 248 g/mol. The fraction of sp³-hybridized carbons (Fsp3) is 0.647. The van der Waals surface area contributed by atoms with Gasteiger partial charge in [-0.05, 0) is 23.8 Å². The topological polar surface area (TPSA) is 20.2 Å². The molecule has 1 nitrogen and oxygen atoms in total. The van der Waals surface area contributed by atoms with Crippen molar-refractivity contribution in [2.75, 3.05) is 0 Å². The largest absolute Gasteiger partial charge is 0.388 e. The van der Waals surface area contributed by atoms with Gasteiger partial charge in [0.25, 0.3) is 0 Å². The molecule has 1 N–H and O–H groups in total. The first-order chi connectivity index (χ1) is 8.49. The minimum Gasteiger partial charge on any atom is -0.388 e. The molecule has 0 fully saturated rings. The van der Waals surface area contributed by atoms with Gasteiger partial charge in [-0.2, -0.15) is 0 Å². The summed E-state index contributed by atoms with van der Waals surface area (Å²) in [6.07, 6.45) is 6.87. The van der Waals surface area contributed by atoms with Crippen molar-refractivity contribution in [1.82, 2.24) is 0 Å². The normalized spacial score (nSPS) is 13.6. The standard InChI is InChI=1S/C17H28O/c1-17(2,3)14-10-5-4-9-13-16(18)15-11-7-6-8-12-15/h6-8,11-12,16,18H,4-5,9-10,13-14H2,1-3H3. The van der Waals surface area contributed by atoms with Crippen LogP contribution in [0.3, 0.4) is 0 Å². The predicted molar refractivity (Wildman–Crippen MR) is 78.6 cm³/mol. The Balaban J connectivity index is 2.08. The van der Waals surface area contributed by atoms with E-state index >= 15 is 0 Å². The van der Waals surface area contributed by atoms with Gasteiger partial charge in [0, 0.05) is 0 Å². The molecule has 0 radical (unpaired) electrons. The quantitative estimate of drug-likeness (QED) is 0.665. The van der Waals surface area contributed by atoms with Crippen LogP contribution in [0.2, 0.25) is 0 Å². The van der Waals surface area contributed by atoms with Crippen LogP contribution in [0.15, 0.2) is 30.3 Å². The second-order valence-corrected chi connectivity index (χ2v) is 6.44. The molecular formula is C17H28O. The highest BCUT2D eigenvalue weighted by molar-refractivity contribution is 5.16. The van der Waals surface area contributed by atoms with Gasteiger partial charge in [0.2, 0.25) is 0 Å². The summed E-state index contributed by atoms with van der Waals surface area (Å²) in [7, 11) is 0. The molecule has 0 aliphatic heterocycles. The van der Waals surface area contributed by atoms with Crippen LogP contribution in [-0.4, -0.2) is 5.11 Å². The van der Waals surface area contributed by atoms with Gasteiger partial charge in [0.1, 0.15) is 0 Å². The Morgan fingerprint density at radius 3 is 2.17 bits per heavy atom. The minimum atomic E-state index is -0.284. The molecule has 0 saturated heterocycles. The van der Waals surface area contributed by atoms with Crippen molar-refractivity contribution >= 4 is 0 Å². The summed E-state index contributed by atoms with van der Waals surface area (Å²) in [5, 5.41) is 10.0. The zero-order valence-corrected chi connectivity index (χ0v) is 12.2. The number of aliphatic hydroxyl groups is 1. The first kappa shape index (κ1) is 15.2. The molecular weight excluding hydrogens is 220 g/mol. The molecule has 1 aromatic carbocycles. The zero-order valence-electron chi connectivity index (χ0n) is 12.2. The summed E-state index contributed by atoms with van der Waals surface area (Å²) in [5.41, 5.74) is 1.51. The maximum Gasteiger partial charge on any atom is 0.0790 e. The van der Waals surface area contributed by atoms with Crippen LogP contribution in [0.4, 0.5) is 0 Å². The third-order valence-corrected chi connectivity index (χ3v) is 3.34. The fourth-order valence-electron chi connectivity index (χ4n) is 2.19. The second kappa shape index (κ2) is 7.58. The van der Waals surface area contributed by atoms with Gasteiger partial charge in [-0.25, -0.2) is 0 Å². The van der Waals surface area contributed by atoms with Crippen molar-refractivity contribution in [1.29, 1.82) is 0 Å². The van der Waals surface area contributed by atoms with E-state index in [2.05, 4.69) is 20.8 Å². The number of rotatable bonds is 7. The van der Waals surface area contributed by atoms with Gasteiger partial charge >= 0.3 is 0 Å². The summed E-state index contributed by atoms with van der Waals surface area (Å²) in [4.78, 5) is 0. The lowest BCUT2D eigenvalue weighted by Crippen LogP contribution is -2.04. The van der Waals surface area contributed by atoms with Crippen LogP contribution in [0.25, 0.3) is 0 Å². The summed E-state index contributed by atoms with van der Waals surface area (Å²) >= 11 is 0. The zero-order chi connectivity index (χ0) is 13.4. The van der Waals surface area contributed by atoms with E-state index in [4.69, 9.17) is 0 Å². The number of unbranched alkanes of at least 4 members (excludes halogenated alkanes) is 3. The van der Waals surface area contributed by atoms with Gasteiger partial charge in [-0.3, -0.25) is 0 Å². The maximum absolute atomic E-state index is 10.0. The molecule has 0 aliphatic carbocycles. The van der Waals surface area contributed by atoms with Crippen molar-refractivity contribution in [3.63, 3.8) is 0 Å². The summed E-state index contributed by atoms with van der Waals surface area (Å²) in [6, 6.07) is 9.97. The Hall–Kier alpha value is -0.820. The second-order valence-electron chi connectivity index (χ2n) is 6.44. The Morgan fingerprint density at radius 1 is 0.944 bits per heavy atom. The third kappa shape index (κ3) is 6.80. The van der Waals surface area contributed by atoms with Crippen molar-refractivity contribution in [3.8, 4) is 0 Å². The maximum atomic E-state index is 10.0. The molecule has 0 heterocycles. The lowest BCUT2D eigenvalue weighted by Gasteiger charge is -2.17. The molecule has 1 rings (SSSR count). The molecule has 0 aromatic heterocycles. The SMILES string of the molecule is CC(C)(C)CCCCCCC(O)c1ccccc1. The molecule has 0 aliphatic rings. The molecule has 1 atom stereocenters. The summed E-state index contributed by atoms with van der Waals surface area (Å²) in [6.45, 7) is 6.89. The van der Waals surface area contributed by atoms with Crippen LogP contribution in [0.1, 0.15) is 71.0 Å². The number of hydrogen-bond donors (Lipinski definition) is 1. The van der Waals surface area contributed by atoms with Gasteiger partial charge in [-0.15, -0.1) is 0 Å². The Labute approximate surface area is 112 Å². The Kier molecular flexibility index (Phi) is 6.42. The highest BCUT2D eigenvalue weighted by Crippen LogP contribution is 2.24. The Morgan fingerprint density at radius 2 is 1.56 bits per heavy atom. The average Bonchev–Trinajstić information content (AvgIpc) is 2.33. The van der Waals surface area contributed by atoms with Crippen LogP contribution in [-0.2, 0) is 0 Å². The minimum absolute atomic E-state index is 0.284. The molecule has 1 aromatic rings. The van der Waals surface area contributed by atoms with Gasteiger partial charge in [0.15, 0.2) is 0 Å². The van der Waals surface area contributed by atoms with Crippen molar-refractivity contribution in [2.45, 2.75) is 65.4 Å². The number of aliphatic hydroxyl groups excluding tert-OH is 1. The van der Waals surface area contributed by atoms with Crippen LogP contribution < -0.4 is 0 Å². The summed E-state index contributed by atoms with van der Waals surface area (Å²) in [5.74, 6) is 0. The third-order valence-electron chi connectivity index (χ3n) is 3.34. The smallest absolute Gasteiger partial charge is 0.0790 e.